The molecule has 0 radical (unpaired) electrons. The summed E-state index contributed by atoms with van der Waals surface area (Å²) < 4.78 is 22.1. The molecule has 0 N–H and O–H groups in total. The molecule has 1 aliphatic rings. The summed E-state index contributed by atoms with van der Waals surface area (Å²) in [7, 11) is 2.17. The molecule has 12 heteroatoms. The summed E-state index contributed by atoms with van der Waals surface area (Å²) in [5.41, 5.74) is 0.774. The Labute approximate surface area is 217 Å². The van der Waals surface area contributed by atoms with Gasteiger partial charge in [0.2, 0.25) is 0 Å². The Balaban J connectivity index is 0.000000270. The van der Waals surface area contributed by atoms with Gasteiger partial charge in [0.25, 0.3) is 0 Å². The molecule has 0 amide bonds. The Hall–Kier alpha value is -1.60. The van der Waals surface area contributed by atoms with Gasteiger partial charge < -0.3 is 18.8 Å². The van der Waals surface area contributed by atoms with E-state index in [1.807, 2.05) is 40.2 Å². The zero-order valence-electron chi connectivity index (χ0n) is 20.4. The molecule has 0 unspecified atom stereocenters. The van der Waals surface area contributed by atoms with E-state index in [0.29, 0.717) is 26.6 Å². The highest BCUT2D eigenvalue weighted by molar-refractivity contribution is 9.10. The number of carbonyl (C=O) groups excluding carboxylic acids is 2. The Morgan fingerprint density at radius 1 is 0.882 bits per heavy atom. The van der Waals surface area contributed by atoms with Gasteiger partial charge in [0, 0.05) is 22.3 Å². The van der Waals surface area contributed by atoms with E-state index in [0.717, 1.165) is 4.47 Å². The highest BCUT2D eigenvalue weighted by Gasteiger charge is 2.52. The van der Waals surface area contributed by atoms with Crippen molar-refractivity contribution in [3.63, 3.8) is 0 Å². The van der Waals surface area contributed by atoms with Crippen LogP contribution in [0.4, 0.5) is 0 Å². The number of carbonyl (C=O) groups is 2. The number of hydrogen-bond acceptors (Lipinski definition) is 10. The van der Waals surface area contributed by atoms with E-state index >= 15 is 0 Å². The summed E-state index contributed by atoms with van der Waals surface area (Å²) in [6.45, 7) is 7.94. The Morgan fingerprint density at radius 3 is 1.76 bits per heavy atom. The van der Waals surface area contributed by atoms with Crippen molar-refractivity contribution in [2.24, 2.45) is 0 Å². The van der Waals surface area contributed by atoms with Crippen LogP contribution in [0.25, 0.3) is 0 Å². The monoisotopic (exact) mass is 570 g/mol. The van der Waals surface area contributed by atoms with E-state index in [4.69, 9.17) is 14.0 Å². The molecule has 0 saturated carbocycles. The molecule has 0 bridgehead atoms. The normalized spacial score (nSPS) is 15.9. The Bertz CT molecular complexity index is 1040. The first kappa shape index (κ1) is 28.6. The van der Waals surface area contributed by atoms with Crippen LogP contribution in [0.3, 0.4) is 0 Å². The Kier molecular flexibility index (Phi) is 10.0. The van der Waals surface area contributed by atoms with Gasteiger partial charge >= 0.3 is 19.1 Å². The van der Waals surface area contributed by atoms with Gasteiger partial charge in [0.1, 0.15) is 10.1 Å². The number of rotatable bonds is 5. The van der Waals surface area contributed by atoms with Crippen molar-refractivity contribution >= 4 is 64.0 Å². The number of methoxy groups -OCH3 is 2. The van der Waals surface area contributed by atoms with Crippen LogP contribution >= 0.6 is 39.5 Å². The number of nitrogens with zero attached hydrogens (tertiary/aromatic N) is 2. The molecule has 2 aromatic heterocycles. The molecular formula is C22H28BBrN2O6S2. The second-order valence-corrected chi connectivity index (χ2v) is 10.6. The maximum atomic E-state index is 11.9. The van der Waals surface area contributed by atoms with Crippen LogP contribution in [-0.4, -0.2) is 67.0 Å². The predicted molar refractivity (Wildman–Crippen MR) is 138 cm³/mol. The molecule has 184 valence electrons. The van der Waals surface area contributed by atoms with Crippen LogP contribution in [0.1, 0.15) is 48.4 Å². The van der Waals surface area contributed by atoms with Gasteiger partial charge in [-0.25, -0.2) is 19.6 Å². The smallest absolute Gasteiger partial charge is 0.465 e. The first-order valence-corrected chi connectivity index (χ1v) is 13.4. The summed E-state index contributed by atoms with van der Waals surface area (Å²) >= 11 is 6.05. The fraction of sp³-hybridized carbons (Fsp3) is 0.455. The van der Waals surface area contributed by atoms with Gasteiger partial charge in [-0.1, -0.05) is 0 Å². The maximum Gasteiger partial charge on any atom is 0.496 e. The largest absolute Gasteiger partial charge is 0.496 e. The minimum absolute atomic E-state index is 0.363. The van der Waals surface area contributed by atoms with Gasteiger partial charge in [-0.2, -0.15) is 0 Å². The van der Waals surface area contributed by atoms with Crippen molar-refractivity contribution in [2.75, 3.05) is 26.7 Å². The number of thioether (sulfide) groups is 2. The van der Waals surface area contributed by atoms with Crippen LogP contribution in [0, 0.1) is 0 Å². The topological polar surface area (TPSA) is 96.8 Å². The van der Waals surface area contributed by atoms with Crippen molar-refractivity contribution in [1.82, 2.24) is 9.97 Å². The lowest BCUT2D eigenvalue weighted by molar-refractivity contribution is 0.00578. The van der Waals surface area contributed by atoms with Crippen molar-refractivity contribution < 1.29 is 28.4 Å². The second-order valence-electron chi connectivity index (χ2n) is 8.11. The van der Waals surface area contributed by atoms with E-state index in [9.17, 15) is 9.59 Å². The minimum Gasteiger partial charge on any atom is -0.465 e. The van der Waals surface area contributed by atoms with E-state index in [1.54, 1.807) is 24.5 Å². The average Bonchev–Trinajstić information content (AvgIpc) is 3.04. The van der Waals surface area contributed by atoms with Gasteiger partial charge in [0.05, 0.1) is 36.5 Å². The third-order valence-corrected chi connectivity index (χ3v) is 7.27. The van der Waals surface area contributed by atoms with Crippen LogP contribution < -0.4 is 5.46 Å². The number of hydrogen-bond donors (Lipinski definition) is 0. The summed E-state index contributed by atoms with van der Waals surface area (Å²) in [5.74, 6) is -0.775. The molecule has 34 heavy (non-hydrogen) atoms. The number of ether oxygens (including phenoxy) is 2. The van der Waals surface area contributed by atoms with Crippen molar-refractivity contribution in [3.8, 4) is 0 Å². The number of aromatic nitrogens is 2. The molecule has 0 spiro atoms. The molecule has 3 rings (SSSR count). The molecule has 2 aromatic rings. The van der Waals surface area contributed by atoms with Crippen LogP contribution in [0.5, 0.6) is 0 Å². The minimum atomic E-state index is -0.540. The van der Waals surface area contributed by atoms with Crippen molar-refractivity contribution in [3.05, 3.63) is 40.1 Å². The van der Waals surface area contributed by atoms with Crippen LogP contribution in [0.15, 0.2) is 39.1 Å². The zero-order chi connectivity index (χ0) is 25.7. The van der Waals surface area contributed by atoms with Gasteiger partial charge in [-0.15, -0.1) is 23.5 Å². The van der Waals surface area contributed by atoms with Crippen molar-refractivity contribution in [2.45, 2.75) is 48.9 Å². The Morgan fingerprint density at radius 2 is 1.32 bits per heavy atom. The lowest BCUT2D eigenvalue weighted by Crippen LogP contribution is -2.41. The molecule has 1 aliphatic heterocycles. The number of pyridine rings is 2. The van der Waals surface area contributed by atoms with Crippen LogP contribution in [0.2, 0.25) is 0 Å². The molecule has 1 fully saturated rings. The number of halogens is 1. The molecule has 0 aromatic carbocycles. The predicted octanol–water partition coefficient (Wildman–Crippen LogP) is 4.24. The van der Waals surface area contributed by atoms with Crippen LogP contribution in [-0.2, 0) is 18.8 Å². The third-order valence-electron chi connectivity index (χ3n) is 5.41. The highest BCUT2D eigenvalue weighted by atomic mass is 79.9. The summed E-state index contributed by atoms with van der Waals surface area (Å²) in [5, 5.41) is 1.30. The quantitative estimate of drug-likeness (QED) is 0.295. The molecule has 3 heterocycles. The van der Waals surface area contributed by atoms with Gasteiger partial charge in [-0.3, -0.25) is 0 Å². The van der Waals surface area contributed by atoms with E-state index in [1.165, 1.54) is 37.7 Å². The number of esters is 2. The second kappa shape index (κ2) is 11.9. The SMILES string of the molecule is COC(=O)c1cc(B2OC(C)(C)C(C)(C)O2)cnc1SC.COC(=O)c1cc(Br)cnc1SC. The zero-order valence-corrected chi connectivity index (χ0v) is 23.6. The van der Waals surface area contributed by atoms with Gasteiger partial charge in [-0.05, 0) is 68.3 Å². The lowest BCUT2D eigenvalue weighted by Gasteiger charge is -2.32. The first-order valence-electron chi connectivity index (χ1n) is 10.2. The average molecular weight is 571 g/mol. The summed E-state index contributed by atoms with van der Waals surface area (Å²) in [4.78, 5) is 31.5. The van der Waals surface area contributed by atoms with E-state index < -0.39 is 24.3 Å². The van der Waals surface area contributed by atoms with Gasteiger partial charge in [0.15, 0.2) is 0 Å². The molecule has 8 nitrogen and oxygen atoms in total. The third kappa shape index (κ3) is 6.54. The summed E-state index contributed by atoms with van der Waals surface area (Å²) in [6.07, 6.45) is 7.06. The standard InChI is InChI=1S/C14H20BNO4S.C8H8BrNO2S/c1-13(2)14(3,4)20-15(19-13)9-7-10(12(17)18-5)11(21-6)16-8-9;1-12-8(11)6-3-5(9)4-10-7(6)13-2/h7-8H,1-6H3;3-4H,1-2H3. The summed E-state index contributed by atoms with van der Waals surface area (Å²) in [6, 6.07) is 3.43. The maximum absolute atomic E-state index is 11.9. The van der Waals surface area contributed by atoms with E-state index in [2.05, 4.69) is 30.6 Å². The lowest BCUT2D eigenvalue weighted by atomic mass is 9.80. The highest BCUT2D eigenvalue weighted by Crippen LogP contribution is 2.36. The van der Waals surface area contributed by atoms with E-state index in [-0.39, 0.29) is 5.97 Å². The fourth-order valence-corrected chi connectivity index (χ4v) is 4.21. The first-order chi connectivity index (χ1) is 15.9. The molecule has 1 saturated heterocycles. The fourth-order valence-electron chi connectivity index (χ4n) is 2.84. The van der Waals surface area contributed by atoms with Crippen molar-refractivity contribution in [1.29, 1.82) is 0 Å². The molecule has 0 aliphatic carbocycles. The molecular weight excluding hydrogens is 543 g/mol. The molecule has 0 atom stereocenters.